The van der Waals surface area contributed by atoms with Gasteiger partial charge in [-0.25, -0.2) is 0 Å². The van der Waals surface area contributed by atoms with E-state index in [1.54, 1.807) is 0 Å². The average molecular weight is 187 g/mol. The van der Waals surface area contributed by atoms with Gasteiger partial charge in [0.05, 0.1) is 13.2 Å². The Morgan fingerprint density at radius 3 is 2.31 bits per heavy atom. The summed E-state index contributed by atoms with van der Waals surface area (Å²) in [6.07, 6.45) is -0.0372. The summed E-state index contributed by atoms with van der Waals surface area (Å²) in [6, 6.07) is 0.472. The van der Waals surface area contributed by atoms with E-state index in [0.29, 0.717) is 11.5 Å². The predicted molar refractivity (Wildman–Crippen MR) is 52.6 cm³/mol. The van der Waals surface area contributed by atoms with Crippen molar-refractivity contribution in [2.24, 2.45) is 5.41 Å². The standard InChI is InChI=1S/C10H21NO2/c1-8(10(2,3)4)11-7-9-12-5-6-13-9/h8-9,11H,5-7H2,1-4H3. The van der Waals surface area contributed by atoms with Crippen LogP contribution in [0.3, 0.4) is 0 Å². The molecule has 0 aromatic rings. The molecule has 0 spiro atoms. The highest BCUT2D eigenvalue weighted by molar-refractivity contribution is 4.76. The van der Waals surface area contributed by atoms with Crippen molar-refractivity contribution >= 4 is 0 Å². The third-order valence-electron chi connectivity index (χ3n) is 2.58. The van der Waals surface area contributed by atoms with Crippen LogP contribution in [0.15, 0.2) is 0 Å². The number of rotatable bonds is 3. The van der Waals surface area contributed by atoms with Gasteiger partial charge in [0.2, 0.25) is 0 Å². The van der Waals surface area contributed by atoms with Gasteiger partial charge < -0.3 is 14.8 Å². The highest BCUT2D eigenvalue weighted by atomic mass is 16.7. The first-order valence-corrected chi connectivity index (χ1v) is 4.97. The number of hydrogen-bond acceptors (Lipinski definition) is 3. The summed E-state index contributed by atoms with van der Waals surface area (Å²) >= 11 is 0. The molecule has 1 unspecified atom stereocenters. The fourth-order valence-corrected chi connectivity index (χ4v) is 1.10. The molecule has 1 N–H and O–H groups in total. The molecule has 3 heteroatoms. The molecule has 0 aliphatic carbocycles. The van der Waals surface area contributed by atoms with Gasteiger partial charge in [0, 0.05) is 12.6 Å². The van der Waals surface area contributed by atoms with E-state index < -0.39 is 0 Å². The van der Waals surface area contributed by atoms with Crippen LogP contribution in [0.25, 0.3) is 0 Å². The Morgan fingerprint density at radius 1 is 1.31 bits per heavy atom. The van der Waals surface area contributed by atoms with Gasteiger partial charge in [-0.1, -0.05) is 20.8 Å². The monoisotopic (exact) mass is 187 g/mol. The molecule has 1 aliphatic rings. The minimum absolute atomic E-state index is 0.0372. The molecule has 0 aromatic heterocycles. The lowest BCUT2D eigenvalue weighted by Gasteiger charge is -2.28. The smallest absolute Gasteiger partial charge is 0.170 e. The zero-order valence-corrected chi connectivity index (χ0v) is 9.09. The Balaban J connectivity index is 2.17. The van der Waals surface area contributed by atoms with Gasteiger partial charge in [-0.2, -0.15) is 0 Å². The average Bonchev–Trinajstić information content (AvgIpc) is 2.50. The molecule has 1 fully saturated rings. The maximum absolute atomic E-state index is 5.33. The summed E-state index contributed by atoms with van der Waals surface area (Å²) in [7, 11) is 0. The lowest BCUT2D eigenvalue weighted by atomic mass is 9.88. The van der Waals surface area contributed by atoms with E-state index >= 15 is 0 Å². The second-order valence-electron chi connectivity index (χ2n) is 4.67. The van der Waals surface area contributed by atoms with Crippen LogP contribution < -0.4 is 5.32 Å². The molecule has 1 atom stereocenters. The van der Waals surface area contributed by atoms with Gasteiger partial charge in [0.1, 0.15) is 0 Å². The van der Waals surface area contributed by atoms with Crippen LogP contribution in [-0.4, -0.2) is 32.1 Å². The third kappa shape index (κ3) is 3.63. The Bertz CT molecular complexity index is 147. The van der Waals surface area contributed by atoms with E-state index in [1.165, 1.54) is 0 Å². The summed E-state index contributed by atoms with van der Waals surface area (Å²) in [4.78, 5) is 0. The molecule has 0 amide bonds. The van der Waals surface area contributed by atoms with Crippen LogP contribution in [-0.2, 0) is 9.47 Å². The first-order chi connectivity index (χ1) is 6.00. The van der Waals surface area contributed by atoms with Crippen LogP contribution in [0, 0.1) is 5.41 Å². The third-order valence-corrected chi connectivity index (χ3v) is 2.58. The second kappa shape index (κ2) is 4.40. The van der Waals surface area contributed by atoms with Crippen molar-refractivity contribution in [2.45, 2.75) is 40.0 Å². The first-order valence-electron chi connectivity index (χ1n) is 4.97. The highest BCUT2D eigenvalue weighted by Crippen LogP contribution is 2.18. The van der Waals surface area contributed by atoms with Crippen molar-refractivity contribution < 1.29 is 9.47 Å². The first kappa shape index (κ1) is 11.0. The maximum Gasteiger partial charge on any atom is 0.170 e. The van der Waals surface area contributed by atoms with Gasteiger partial charge in [-0.15, -0.1) is 0 Å². The second-order valence-corrected chi connectivity index (χ2v) is 4.67. The predicted octanol–water partition coefficient (Wildman–Crippen LogP) is 1.38. The molecular formula is C10H21NO2. The molecule has 0 saturated carbocycles. The molecule has 1 saturated heterocycles. The van der Waals surface area contributed by atoms with E-state index in [1.807, 2.05) is 0 Å². The number of hydrogen-bond donors (Lipinski definition) is 1. The van der Waals surface area contributed by atoms with Gasteiger partial charge in [-0.05, 0) is 12.3 Å². The van der Waals surface area contributed by atoms with Crippen molar-refractivity contribution in [1.29, 1.82) is 0 Å². The fourth-order valence-electron chi connectivity index (χ4n) is 1.10. The van der Waals surface area contributed by atoms with Crippen LogP contribution >= 0.6 is 0 Å². The van der Waals surface area contributed by atoms with E-state index in [2.05, 4.69) is 33.0 Å². The summed E-state index contributed by atoms with van der Waals surface area (Å²) < 4.78 is 10.7. The quantitative estimate of drug-likeness (QED) is 0.724. The summed E-state index contributed by atoms with van der Waals surface area (Å²) in [6.45, 7) is 11.1. The van der Waals surface area contributed by atoms with Gasteiger partial charge >= 0.3 is 0 Å². The largest absolute Gasteiger partial charge is 0.349 e. The summed E-state index contributed by atoms with van der Waals surface area (Å²) in [5, 5.41) is 3.41. The molecule has 13 heavy (non-hydrogen) atoms. The lowest BCUT2D eigenvalue weighted by molar-refractivity contribution is -0.0421. The number of nitrogens with one attached hydrogen (secondary N) is 1. The van der Waals surface area contributed by atoms with Gasteiger partial charge in [0.25, 0.3) is 0 Å². The number of ether oxygens (including phenoxy) is 2. The summed E-state index contributed by atoms with van der Waals surface area (Å²) in [5.41, 5.74) is 0.290. The molecule has 0 aromatic carbocycles. The summed E-state index contributed by atoms with van der Waals surface area (Å²) in [5.74, 6) is 0. The fraction of sp³-hybridized carbons (Fsp3) is 1.00. The molecule has 0 radical (unpaired) electrons. The highest BCUT2D eigenvalue weighted by Gasteiger charge is 2.22. The molecule has 1 heterocycles. The van der Waals surface area contributed by atoms with E-state index in [0.717, 1.165) is 19.8 Å². The van der Waals surface area contributed by atoms with Crippen LogP contribution in [0.4, 0.5) is 0 Å². The Hall–Kier alpha value is -0.120. The zero-order chi connectivity index (χ0) is 9.90. The SMILES string of the molecule is CC(NCC1OCCO1)C(C)(C)C. The van der Waals surface area contributed by atoms with Crippen molar-refractivity contribution in [2.75, 3.05) is 19.8 Å². The Labute approximate surface area is 80.8 Å². The molecular weight excluding hydrogens is 166 g/mol. The van der Waals surface area contributed by atoms with Crippen molar-refractivity contribution in [3.8, 4) is 0 Å². The maximum atomic E-state index is 5.33. The van der Waals surface area contributed by atoms with Crippen LogP contribution in [0.1, 0.15) is 27.7 Å². The topological polar surface area (TPSA) is 30.5 Å². The van der Waals surface area contributed by atoms with E-state index in [-0.39, 0.29) is 6.29 Å². The van der Waals surface area contributed by atoms with Crippen molar-refractivity contribution in [3.63, 3.8) is 0 Å². The Kier molecular flexibility index (Phi) is 3.71. The van der Waals surface area contributed by atoms with Gasteiger partial charge in [-0.3, -0.25) is 0 Å². The van der Waals surface area contributed by atoms with Crippen LogP contribution in [0.5, 0.6) is 0 Å². The van der Waals surface area contributed by atoms with Crippen molar-refractivity contribution in [1.82, 2.24) is 5.32 Å². The minimum Gasteiger partial charge on any atom is -0.349 e. The molecule has 1 rings (SSSR count). The molecule has 0 bridgehead atoms. The normalized spacial score (nSPS) is 22.2. The van der Waals surface area contributed by atoms with Crippen molar-refractivity contribution in [3.05, 3.63) is 0 Å². The van der Waals surface area contributed by atoms with Crippen LogP contribution in [0.2, 0.25) is 0 Å². The molecule has 3 nitrogen and oxygen atoms in total. The van der Waals surface area contributed by atoms with E-state index in [4.69, 9.17) is 9.47 Å². The Morgan fingerprint density at radius 2 is 1.85 bits per heavy atom. The lowest BCUT2D eigenvalue weighted by Crippen LogP contribution is -2.41. The zero-order valence-electron chi connectivity index (χ0n) is 9.09. The van der Waals surface area contributed by atoms with E-state index in [9.17, 15) is 0 Å². The molecule has 1 aliphatic heterocycles. The minimum atomic E-state index is -0.0372. The molecule has 78 valence electrons. The van der Waals surface area contributed by atoms with Gasteiger partial charge in [0.15, 0.2) is 6.29 Å².